The average molecular weight is 417 g/mol. The van der Waals surface area contributed by atoms with Crippen molar-refractivity contribution in [2.75, 3.05) is 44.2 Å². The molecule has 7 nitrogen and oxygen atoms in total. The Morgan fingerprint density at radius 2 is 1.90 bits per heavy atom. The quantitative estimate of drug-likeness (QED) is 0.524. The topological polar surface area (TPSA) is 70.2 Å². The van der Waals surface area contributed by atoms with E-state index in [9.17, 15) is 5.26 Å². The molecule has 2 aromatic carbocycles. The van der Waals surface area contributed by atoms with Gasteiger partial charge in [-0.25, -0.2) is 4.68 Å². The number of ether oxygens (including phenoxy) is 1. The van der Waals surface area contributed by atoms with Crippen LogP contribution >= 0.6 is 0 Å². The van der Waals surface area contributed by atoms with E-state index < -0.39 is 0 Å². The predicted octanol–water partition coefficient (Wildman–Crippen LogP) is 3.43. The number of para-hydroxylation sites is 1. The Hall–Kier alpha value is -3.37. The van der Waals surface area contributed by atoms with Crippen LogP contribution in [-0.2, 0) is 0 Å². The molecule has 1 aromatic heterocycles. The summed E-state index contributed by atoms with van der Waals surface area (Å²) in [5, 5.41) is 17.2. The van der Waals surface area contributed by atoms with Crippen LogP contribution in [0.5, 0.6) is 5.75 Å². The number of hydrogen-bond acceptors (Lipinski definition) is 6. The Balaban J connectivity index is 1.16. The number of nitrogens with zero attached hydrogens (tertiary/aromatic N) is 6. The highest BCUT2D eigenvalue weighted by Crippen LogP contribution is 2.22. The highest BCUT2D eigenvalue weighted by Gasteiger charge is 2.18. The first-order valence-corrected chi connectivity index (χ1v) is 10.8. The van der Waals surface area contributed by atoms with E-state index in [0.717, 1.165) is 80.4 Å². The third-order valence-corrected chi connectivity index (χ3v) is 5.71. The summed E-state index contributed by atoms with van der Waals surface area (Å²) in [4.78, 5) is 4.83. The Morgan fingerprint density at radius 1 is 1.06 bits per heavy atom. The molecule has 1 aliphatic heterocycles. The average Bonchev–Trinajstić information content (AvgIpc) is 3.35. The maximum atomic E-state index is 9.32. The second-order valence-corrected chi connectivity index (χ2v) is 7.81. The first-order chi connectivity index (χ1) is 15.2. The van der Waals surface area contributed by atoms with Crippen molar-refractivity contribution in [1.29, 1.82) is 5.26 Å². The maximum Gasteiger partial charge on any atom is 0.122 e. The van der Waals surface area contributed by atoms with E-state index in [-0.39, 0.29) is 0 Å². The largest absolute Gasteiger partial charge is 0.493 e. The second kappa shape index (κ2) is 10.1. The molecular formula is C24H28N6O. The molecule has 0 N–H and O–H groups in total. The fraction of sp³-hybridized carbons (Fsp3) is 0.375. The zero-order chi connectivity index (χ0) is 21.5. The maximum absolute atomic E-state index is 9.32. The Kier molecular flexibility index (Phi) is 6.80. The van der Waals surface area contributed by atoms with E-state index in [0.29, 0.717) is 0 Å². The zero-order valence-electron chi connectivity index (χ0n) is 17.9. The zero-order valence-corrected chi connectivity index (χ0v) is 17.9. The van der Waals surface area contributed by atoms with E-state index in [1.165, 1.54) is 0 Å². The molecule has 2 heterocycles. The number of benzene rings is 2. The van der Waals surface area contributed by atoms with Crippen LogP contribution < -0.4 is 9.64 Å². The SMILES string of the molecule is Cc1cc(-n2ccnn2)ccc1OCCCCN1CCN(c2ccccc2C#N)CC1. The van der Waals surface area contributed by atoms with Gasteiger partial charge in [-0.05, 0) is 62.2 Å². The monoisotopic (exact) mass is 416 g/mol. The highest BCUT2D eigenvalue weighted by molar-refractivity contribution is 5.59. The van der Waals surface area contributed by atoms with Crippen LogP contribution in [0.3, 0.4) is 0 Å². The van der Waals surface area contributed by atoms with Crippen molar-refractivity contribution in [2.45, 2.75) is 19.8 Å². The van der Waals surface area contributed by atoms with Gasteiger partial charge < -0.3 is 9.64 Å². The Labute approximate surface area is 183 Å². The van der Waals surface area contributed by atoms with Crippen molar-refractivity contribution >= 4 is 5.69 Å². The molecular weight excluding hydrogens is 388 g/mol. The van der Waals surface area contributed by atoms with Gasteiger partial charge in [0, 0.05) is 26.2 Å². The van der Waals surface area contributed by atoms with Gasteiger partial charge in [0.15, 0.2) is 0 Å². The number of hydrogen-bond donors (Lipinski definition) is 0. The minimum Gasteiger partial charge on any atom is -0.493 e. The molecule has 31 heavy (non-hydrogen) atoms. The van der Waals surface area contributed by atoms with Crippen molar-refractivity contribution in [2.24, 2.45) is 0 Å². The summed E-state index contributed by atoms with van der Waals surface area (Å²) >= 11 is 0. The van der Waals surface area contributed by atoms with Gasteiger partial charge in [-0.15, -0.1) is 5.10 Å². The molecule has 0 spiro atoms. The van der Waals surface area contributed by atoms with Crippen molar-refractivity contribution in [3.63, 3.8) is 0 Å². The molecule has 160 valence electrons. The summed E-state index contributed by atoms with van der Waals surface area (Å²) in [6, 6.07) is 16.2. The first-order valence-electron chi connectivity index (χ1n) is 10.8. The van der Waals surface area contributed by atoms with Crippen LogP contribution in [-0.4, -0.2) is 59.2 Å². The van der Waals surface area contributed by atoms with E-state index in [1.54, 1.807) is 10.9 Å². The third kappa shape index (κ3) is 5.22. The Morgan fingerprint density at radius 3 is 2.65 bits per heavy atom. The Bertz CT molecular complexity index is 1020. The van der Waals surface area contributed by atoms with Crippen LogP contribution in [0, 0.1) is 18.3 Å². The number of anilines is 1. The summed E-state index contributed by atoms with van der Waals surface area (Å²) in [6.45, 7) is 7.85. The molecule has 0 bridgehead atoms. The fourth-order valence-electron chi connectivity index (χ4n) is 3.96. The molecule has 0 saturated carbocycles. The van der Waals surface area contributed by atoms with Gasteiger partial charge in [0.2, 0.25) is 0 Å². The lowest BCUT2D eigenvalue weighted by molar-refractivity contribution is 0.238. The van der Waals surface area contributed by atoms with Gasteiger partial charge >= 0.3 is 0 Å². The summed E-state index contributed by atoms with van der Waals surface area (Å²) < 4.78 is 7.74. The third-order valence-electron chi connectivity index (χ3n) is 5.71. The van der Waals surface area contributed by atoms with E-state index in [4.69, 9.17) is 4.74 Å². The molecule has 0 aliphatic carbocycles. The minimum atomic E-state index is 0.721. The van der Waals surface area contributed by atoms with Crippen molar-refractivity contribution in [1.82, 2.24) is 19.9 Å². The molecule has 1 fully saturated rings. The summed E-state index contributed by atoms with van der Waals surface area (Å²) in [6.07, 6.45) is 5.65. The number of unbranched alkanes of at least 4 members (excludes halogenated alkanes) is 1. The number of aryl methyl sites for hydroxylation is 1. The van der Waals surface area contributed by atoms with Gasteiger partial charge in [-0.2, -0.15) is 5.26 Å². The van der Waals surface area contributed by atoms with Gasteiger partial charge in [0.25, 0.3) is 0 Å². The van der Waals surface area contributed by atoms with Gasteiger partial charge in [-0.1, -0.05) is 17.3 Å². The summed E-state index contributed by atoms with van der Waals surface area (Å²) in [5.41, 5.74) is 3.90. The molecule has 1 saturated heterocycles. The standard InChI is InChI=1S/C24H28N6O/c1-20-18-22(30-12-10-26-27-30)8-9-24(20)31-17-5-4-11-28-13-15-29(16-14-28)23-7-3-2-6-21(23)19-25/h2-3,6-10,12,18H,4-5,11,13-17H2,1H3. The van der Waals surface area contributed by atoms with Crippen LogP contribution in [0.2, 0.25) is 0 Å². The van der Waals surface area contributed by atoms with Gasteiger partial charge in [-0.3, -0.25) is 4.90 Å². The van der Waals surface area contributed by atoms with Crippen molar-refractivity contribution in [3.8, 4) is 17.5 Å². The number of piperazine rings is 1. The lowest BCUT2D eigenvalue weighted by atomic mass is 10.1. The number of rotatable bonds is 8. The fourth-order valence-corrected chi connectivity index (χ4v) is 3.96. The lowest BCUT2D eigenvalue weighted by Gasteiger charge is -2.36. The smallest absolute Gasteiger partial charge is 0.122 e. The molecule has 0 unspecified atom stereocenters. The summed E-state index contributed by atoms with van der Waals surface area (Å²) in [5.74, 6) is 0.925. The first kappa shape index (κ1) is 20.9. The highest BCUT2D eigenvalue weighted by atomic mass is 16.5. The van der Waals surface area contributed by atoms with Gasteiger partial charge in [0.1, 0.15) is 11.8 Å². The van der Waals surface area contributed by atoms with E-state index >= 15 is 0 Å². The van der Waals surface area contributed by atoms with E-state index in [2.05, 4.69) is 39.2 Å². The van der Waals surface area contributed by atoms with Crippen LogP contribution in [0.25, 0.3) is 5.69 Å². The molecule has 7 heteroatoms. The van der Waals surface area contributed by atoms with E-state index in [1.807, 2.05) is 42.6 Å². The minimum absolute atomic E-state index is 0.721. The predicted molar refractivity (Wildman–Crippen MR) is 121 cm³/mol. The molecule has 3 aromatic rings. The molecule has 1 aliphatic rings. The molecule has 4 rings (SSSR count). The lowest BCUT2D eigenvalue weighted by Crippen LogP contribution is -2.46. The number of aromatic nitrogens is 3. The van der Waals surface area contributed by atoms with Crippen molar-refractivity contribution in [3.05, 3.63) is 66.0 Å². The van der Waals surface area contributed by atoms with Gasteiger partial charge in [0.05, 0.1) is 35.9 Å². The second-order valence-electron chi connectivity index (χ2n) is 7.81. The normalized spacial score (nSPS) is 14.4. The van der Waals surface area contributed by atoms with Crippen LogP contribution in [0.15, 0.2) is 54.9 Å². The molecule has 0 atom stereocenters. The van der Waals surface area contributed by atoms with Crippen molar-refractivity contribution < 1.29 is 4.74 Å². The molecule has 0 amide bonds. The van der Waals surface area contributed by atoms with Crippen LogP contribution in [0.1, 0.15) is 24.0 Å². The molecule has 0 radical (unpaired) electrons. The summed E-state index contributed by atoms with van der Waals surface area (Å²) in [7, 11) is 0. The number of nitriles is 1. The van der Waals surface area contributed by atoms with Crippen LogP contribution in [0.4, 0.5) is 5.69 Å².